The average Bonchev–Trinajstić information content (AvgIpc) is 3.00. The van der Waals surface area contributed by atoms with Crippen LogP contribution >= 0.6 is 0 Å². The fraction of sp³-hybridized carbons (Fsp3) is 0.211. The Labute approximate surface area is 277 Å². The molecule has 0 saturated carbocycles. The number of hydrogen-bond acceptors (Lipinski definition) is 3. The van der Waals surface area contributed by atoms with Crippen LogP contribution in [0.15, 0.2) is 115 Å². The molecule has 0 saturated heterocycles. The summed E-state index contributed by atoms with van der Waals surface area (Å²) in [5.74, 6) is -3.07. The Balaban J connectivity index is 0.000000365. The van der Waals surface area contributed by atoms with E-state index in [0.29, 0.717) is 0 Å². The SMILES string of the molecule is CC(C)(C)c1cc(-c2ccc(-c3ccc(-c4ccccc4)cc3)cn2)[c-]c2ccccc12.CC(C)/C(O)=C/C(=O)C(F)(F)F.[Pt]. The molecule has 4 aromatic carbocycles. The van der Waals surface area contributed by atoms with Gasteiger partial charge in [-0.15, -0.1) is 29.1 Å². The summed E-state index contributed by atoms with van der Waals surface area (Å²) < 4.78 is 34.7. The number of aliphatic hydroxyl groups is 1. The number of halogens is 3. The minimum absolute atomic E-state index is 0. The maximum absolute atomic E-state index is 11.6. The number of alkyl halides is 3. The van der Waals surface area contributed by atoms with E-state index in [4.69, 9.17) is 10.1 Å². The molecular weight excluding hydrogens is 754 g/mol. The summed E-state index contributed by atoms with van der Waals surface area (Å²) in [6, 6.07) is 37.7. The fourth-order valence-electron chi connectivity index (χ4n) is 4.58. The van der Waals surface area contributed by atoms with Gasteiger partial charge >= 0.3 is 6.18 Å². The number of fused-ring (bicyclic) bond motifs is 1. The van der Waals surface area contributed by atoms with E-state index in [0.717, 1.165) is 22.2 Å². The first kappa shape index (κ1) is 35.5. The van der Waals surface area contributed by atoms with Crippen molar-refractivity contribution in [1.82, 2.24) is 4.98 Å². The number of nitrogens with zero attached hydrogens (tertiary/aromatic N) is 1. The molecule has 5 aromatic rings. The molecule has 0 spiro atoms. The van der Waals surface area contributed by atoms with Crippen LogP contribution in [-0.2, 0) is 31.3 Å². The van der Waals surface area contributed by atoms with Crippen LogP contribution in [0.25, 0.3) is 44.3 Å². The zero-order chi connectivity index (χ0) is 32.1. The quantitative estimate of drug-likeness (QED) is 0.110. The first-order valence-electron chi connectivity index (χ1n) is 14.3. The Morgan fingerprint density at radius 1 is 0.800 bits per heavy atom. The van der Waals surface area contributed by atoms with Crippen molar-refractivity contribution in [3.63, 3.8) is 0 Å². The van der Waals surface area contributed by atoms with Crippen LogP contribution in [0.5, 0.6) is 0 Å². The van der Waals surface area contributed by atoms with E-state index >= 15 is 0 Å². The normalized spacial score (nSPS) is 11.9. The number of hydrogen-bond donors (Lipinski definition) is 1. The standard InChI is InChI=1S/C31H26N.C7H9F3O2.Pt/c1-31(2,3)29-20-27(19-25-11-7-8-12-28(25)29)30-18-17-26(21-32-30)24-15-13-23(14-16-24)22-9-5-4-6-10-22;1-4(2)5(11)3-6(12)7(8,9)10;/h4-18,20-21H,1-3H3;3-4,11H,1-2H3;/q-1;;/b;5-3-;. The smallest absolute Gasteiger partial charge is 0.454 e. The number of carbonyl (C=O) groups excluding carboxylic acids is 1. The molecule has 0 bridgehead atoms. The van der Waals surface area contributed by atoms with Crippen molar-refractivity contribution in [2.24, 2.45) is 5.92 Å². The number of allylic oxidation sites excluding steroid dienone is 2. The number of rotatable bonds is 5. The monoisotopic (exact) mass is 789 g/mol. The third-order valence-electron chi connectivity index (χ3n) is 7.10. The second-order valence-electron chi connectivity index (χ2n) is 11.9. The first-order chi connectivity index (χ1) is 20.7. The number of aromatic nitrogens is 1. The van der Waals surface area contributed by atoms with Gasteiger partial charge in [0, 0.05) is 44.9 Å². The van der Waals surface area contributed by atoms with Crippen LogP contribution in [0.3, 0.4) is 0 Å². The molecule has 236 valence electrons. The zero-order valence-corrected chi connectivity index (χ0v) is 28.0. The van der Waals surface area contributed by atoms with Crippen molar-refractivity contribution in [2.75, 3.05) is 0 Å². The van der Waals surface area contributed by atoms with E-state index in [1.165, 1.54) is 41.5 Å². The molecule has 3 nitrogen and oxygen atoms in total. The number of carbonyl (C=O) groups is 1. The minimum Gasteiger partial charge on any atom is -0.512 e. The molecule has 0 radical (unpaired) electrons. The number of benzene rings is 4. The van der Waals surface area contributed by atoms with Crippen LogP contribution in [0.2, 0.25) is 0 Å². The van der Waals surface area contributed by atoms with Gasteiger partial charge in [0.25, 0.3) is 5.78 Å². The van der Waals surface area contributed by atoms with E-state index in [9.17, 15) is 18.0 Å². The fourth-order valence-corrected chi connectivity index (χ4v) is 4.58. The predicted octanol–water partition coefficient (Wildman–Crippen LogP) is 10.5. The Morgan fingerprint density at radius 3 is 1.87 bits per heavy atom. The van der Waals surface area contributed by atoms with Crippen molar-refractivity contribution in [1.29, 1.82) is 0 Å². The van der Waals surface area contributed by atoms with Crippen molar-refractivity contribution < 1.29 is 44.1 Å². The van der Waals surface area contributed by atoms with Gasteiger partial charge < -0.3 is 5.11 Å². The van der Waals surface area contributed by atoms with Gasteiger partial charge in [0.1, 0.15) is 0 Å². The van der Waals surface area contributed by atoms with Gasteiger partial charge in [0.2, 0.25) is 0 Å². The van der Waals surface area contributed by atoms with E-state index in [1.54, 1.807) is 0 Å². The average molecular weight is 790 g/mol. The molecule has 45 heavy (non-hydrogen) atoms. The Hall–Kier alpha value is -4.02. The molecule has 0 aliphatic heterocycles. The van der Waals surface area contributed by atoms with Gasteiger partial charge in [0.05, 0.1) is 5.76 Å². The minimum atomic E-state index is -4.90. The third kappa shape index (κ3) is 9.24. The van der Waals surface area contributed by atoms with Crippen molar-refractivity contribution in [3.8, 4) is 33.5 Å². The number of ketones is 1. The summed E-state index contributed by atoms with van der Waals surface area (Å²) in [6.45, 7) is 9.74. The van der Waals surface area contributed by atoms with Crippen LogP contribution in [0, 0.1) is 12.0 Å². The predicted molar refractivity (Wildman–Crippen MR) is 172 cm³/mol. The molecule has 0 fully saturated rings. The second kappa shape index (κ2) is 14.8. The van der Waals surface area contributed by atoms with Crippen molar-refractivity contribution in [3.05, 3.63) is 127 Å². The third-order valence-corrected chi connectivity index (χ3v) is 7.10. The van der Waals surface area contributed by atoms with Crippen LogP contribution in [0.1, 0.15) is 40.2 Å². The maximum Gasteiger partial charge on any atom is 0.454 e. The van der Waals surface area contributed by atoms with Gasteiger partial charge in [-0.2, -0.15) is 13.2 Å². The molecule has 1 heterocycles. The van der Waals surface area contributed by atoms with Gasteiger partial charge in [0.15, 0.2) is 0 Å². The molecular formula is C38H35F3NO2Pt-. The molecule has 0 unspecified atom stereocenters. The molecule has 1 N–H and O–H groups in total. The van der Waals surface area contributed by atoms with Crippen molar-refractivity contribution in [2.45, 2.75) is 46.2 Å². The van der Waals surface area contributed by atoms with Crippen LogP contribution < -0.4 is 0 Å². The molecule has 0 atom stereocenters. The summed E-state index contributed by atoms with van der Waals surface area (Å²) >= 11 is 0. The van der Waals surface area contributed by atoms with Crippen LogP contribution in [0.4, 0.5) is 13.2 Å². The molecule has 0 aliphatic carbocycles. The van der Waals surface area contributed by atoms with Crippen molar-refractivity contribution >= 4 is 16.6 Å². The molecule has 0 amide bonds. The summed E-state index contributed by atoms with van der Waals surface area (Å²) in [4.78, 5) is 15.0. The Bertz CT molecular complexity index is 1750. The first-order valence-corrected chi connectivity index (χ1v) is 14.3. The second-order valence-corrected chi connectivity index (χ2v) is 11.9. The summed E-state index contributed by atoms with van der Waals surface area (Å²) in [7, 11) is 0. The topological polar surface area (TPSA) is 50.2 Å². The molecule has 5 rings (SSSR count). The van der Waals surface area contributed by atoms with E-state index in [2.05, 4.69) is 118 Å². The summed E-state index contributed by atoms with van der Waals surface area (Å²) in [5.41, 5.74) is 8.10. The Morgan fingerprint density at radius 2 is 1.33 bits per heavy atom. The van der Waals surface area contributed by atoms with Gasteiger partial charge in [-0.25, -0.2) is 0 Å². The van der Waals surface area contributed by atoms with Gasteiger partial charge in [-0.3, -0.25) is 9.78 Å². The largest absolute Gasteiger partial charge is 0.512 e. The van der Waals surface area contributed by atoms with Gasteiger partial charge in [-0.05, 0) is 27.7 Å². The Kier molecular flexibility index (Phi) is 11.7. The summed E-state index contributed by atoms with van der Waals surface area (Å²) in [6.07, 6.45) is -2.74. The van der Waals surface area contributed by atoms with E-state index in [1.807, 2.05) is 12.3 Å². The number of pyridine rings is 1. The summed E-state index contributed by atoms with van der Waals surface area (Å²) in [5, 5.41) is 11.2. The number of aliphatic hydroxyl groups excluding tert-OH is 1. The zero-order valence-electron chi connectivity index (χ0n) is 25.7. The molecule has 7 heteroatoms. The molecule has 0 aliphatic rings. The molecule has 1 aromatic heterocycles. The van der Waals surface area contributed by atoms with E-state index < -0.39 is 23.6 Å². The maximum atomic E-state index is 11.6. The van der Waals surface area contributed by atoms with Crippen LogP contribution in [-0.4, -0.2) is 22.1 Å². The van der Waals surface area contributed by atoms with E-state index in [-0.39, 0.29) is 32.6 Å². The van der Waals surface area contributed by atoms with Gasteiger partial charge in [-0.1, -0.05) is 130 Å².